The summed E-state index contributed by atoms with van der Waals surface area (Å²) in [6.07, 6.45) is 0. The number of hydrogen-bond donors (Lipinski definition) is 5. The quantitative estimate of drug-likeness (QED) is 0.118. The fourth-order valence-corrected chi connectivity index (χ4v) is 2.22. The monoisotopic (exact) mass is 528 g/mol. The van der Waals surface area contributed by atoms with Crippen LogP contribution in [0.25, 0.3) is 0 Å². The second kappa shape index (κ2) is 23.9. The van der Waals surface area contributed by atoms with E-state index in [1.807, 2.05) is 0 Å². The molecule has 0 heterocycles. The average molecular weight is 529 g/mol. The van der Waals surface area contributed by atoms with Crippen LogP contribution in [0.3, 0.4) is 0 Å². The molecule has 0 saturated carbocycles. The molecule has 0 aromatic rings. The summed E-state index contributed by atoms with van der Waals surface area (Å²) in [7, 11) is 0. The van der Waals surface area contributed by atoms with Crippen molar-refractivity contribution in [3.63, 3.8) is 0 Å². The van der Waals surface area contributed by atoms with Crippen LogP contribution in [0, 0.1) is 0 Å². The third-order valence-electron chi connectivity index (χ3n) is 3.26. The maximum absolute atomic E-state index is 11.0. The summed E-state index contributed by atoms with van der Waals surface area (Å²) in [4.78, 5) is 57.6. The van der Waals surface area contributed by atoms with Gasteiger partial charge in [-0.3, -0.25) is 38.7 Å². The summed E-state index contributed by atoms with van der Waals surface area (Å²) >= 11 is 0. The van der Waals surface area contributed by atoms with Gasteiger partial charge in [0.05, 0.1) is 32.7 Å². The third-order valence-corrected chi connectivity index (χ3v) is 3.26. The minimum absolute atomic E-state index is 0. The molecule has 5 N–H and O–H groups in total. The number of carboxylic acids is 5. The summed E-state index contributed by atoms with van der Waals surface area (Å²) in [5.41, 5.74) is 0. The van der Waals surface area contributed by atoms with Gasteiger partial charge in [0.25, 0.3) is 0 Å². The summed E-state index contributed by atoms with van der Waals surface area (Å²) < 4.78 is 0. The minimum atomic E-state index is -1.24. The van der Waals surface area contributed by atoms with Gasteiger partial charge in [0.1, 0.15) is 0 Å². The van der Waals surface area contributed by atoms with E-state index in [0.29, 0.717) is 0 Å². The zero-order valence-electron chi connectivity index (χ0n) is 20.8. The third kappa shape index (κ3) is 26.9. The van der Waals surface area contributed by atoms with Gasteiger partial charge in [-0.25, -0.2) is 0 Å². The van der Waals surface area contributed by atoms with Gasteiger partial charge in [-0.15, -0.1) is 0 Å². The number of carbonyl (C=O) groups is 5. The molecule has 0 atom stereocenters. The van der Waals surface area contributed by atoms with Crippen LogP contribution in [0.1, 0.15) is 4.28 Å². The molecule has 0 saturated heterocycles. The second-order valence-electron chi connectivity index (χ2n) is 5.67. The fourth-order valence-electron chi connectivity index (χ4n) is 2.22. The molecule has 0 aromatic carbocycles. The maximum atomic E-state index is 11.0. The van der Waals surface area contributed by atoms with Gasteiger partial charge >= 0.3 is 119 Å². The minimum Gasteiger partial charge on any atom is -1.00 e. The molecule has 0 spiro atoms. The molecule has 13 nitrogen and oxygen atoms in total. The zero-order valence-corrected chi connectivity index (χ0v) is 24.7. The number of hydrogen-bond acceptors (Lipinski definition) is 8. The van der Waals surface area contributed by atoms with E-state index >= 15 is 0 Å². The van der Waals surface area contributed by atoms with E-state index in [0.717, 1.165) is 9.80 Å². The molecular formula is C14H26CuN3Na3O10. The van der Waals surface area contributed by atoms with Crippen LogP contribution >= 0.6 is 0 Å². The molecule has 0 amide bonds. The van der Waals surface area contributed by atoms with Crippen LogP contribution < -0.4 is 88.7 Å². The molecule has 0 fully saturated rings. The van der Waals surface area contributed by atoms with Crippen molar-refractivity contribution in [1.29, 1.82) is 0 Å². The van der Waals surface area contributed by atoms with Gasteiger partial charge < -0.3 is 29.8 Å². The van der Waals surface area contributed by atoms with Gasteiger partial charge in [-0.1, -0.05) is 0 Å². The van der Waals surface area contributed by atoms with Gasteiger partial charge in [0.2, 0.25) is 0 Å². The summed E-state index contributed by atoms with van der Waals surface area (Å²) in [6, 6.07) is 0. The number of aliphatic carboxylic acids is 5. The molecule has 0 bridgehead atoms. The van der Waals surface area contributed by atoms with Crippen LogP contribution in [0.2, 0.25) is 0 Å². The van der Waals surface area contributed by atoms with E-state index in [1.165, 1.54) is 4.90 Å². The van der Waals surface area contributed by atoms with Gasteiger partial charge in [0, 0.05) is 43.2 Å². The van der Waals surface area contributed by atoms with E-state index in [4.69, 9.17) is 25.5 Å². The zero-order chi connectivity index (χ0) is 21.0. The molecule has 0 aliphatic rings. The van der Waals surface area contributed by atoms with E-state index in [2.05, 4.69) is 0 Å². The first kappa shape index (κ1) is 42.0. The van der Waals surface area contributed by atoms with Crippen molar-refractivity contribution >= 4 is 29.8 Å². The average Bonchev–Trinajstić information content (AvgIpc) is 2.46. The van der Waals surface area contributed by atoms with Gasteiger partial charge in [-0.2, -0.15) is 0 Å². The standard InChI is InChI=1S/C14H23N3O10.Cu.3Na.3H/c18-10(19)5-15(1-3-16(6-11(20)21)7-12(22)23)2-4-17(8-13(24)25)9-14(26)27;;;;;;;/h1-9H2,(H,18,19)(H,20,21)(H,22,23)(H,24,25)(H,26,27);;;;;;;/q;;3*+1;3*-1. The number of nitrogens with zero attached hydrogens (tertiary/aromatic N) is 3. The molecule has 171 valence electrons. The van der Waals surface area contributed by atoms with Crippen molar-refractivity contribution in [3.8, 4) is 0 Å². The normalized spacial score (nSPS) is 9.65. The van der Waals surface area contributed by atoms with Crippen molar-refractivity contribution in [2.24, 2.45) is 0 Å². The fraction of sp³-hybridized carbons (Fsp3) is 0.643. The van der Waals surface area contributed by atoms with Crippen LogP contribution in [0.15, 0.2) is 0 Å². The Hall–Kier alpha value is 0.749. The van der Waals surface area contributed by atoms with Crippen LogP contribution in [-0.4, -0.2) is 129 Å². The van der Waals surface area contributed by atoms with Gasteiger partial charge in [0.15, 0.2) is 0 Å². The molecular weight excluding hydrogens is 503 g/mol. The second-order valence-corrected chi connectivity index (χ2v) is 5.67. The predicted octanol–water partition coefficient (Wildman–Crippen LogP) is -11.3. The first-order valence-electron chi connectivity index (χ1n) is 7.75. The molecule has 31 heavy (non-hydrogen) atoms. The predicted molar refractivity (Wildman–Crippen MR) is 90.8 cm³/mol. The van der Waals surface area contributed by atoms with E-state index in [9.17, 15) is 24.0 Å². The first-order chi connectivity index (χ1) is 12.5. The first-order valence-corrected chi connectivity index (χ1v) is 7.75. The van der Waals surface area contributed by atoms with E-state index in [-0.39, 0.29) is 136 Å². The smallest absolute Gasteiger partial charge is 1.00 e. The van der Waals surface area contributed by atoms with Crippen LogP contribution in [0.5, 0.6) is 0 Å². The number of carboxylic acid groups (broad SMARTS) is 5. The SMILES string of the molecule is O=C(O)CN(CCN(CC(=O)O)CC(=O)O)CCN(CC(=O)O)CC(=O)O.[Cu].[H-].[H-].[H-].[Na+].[Na+].[Na+]. The topological polar surface area (TPSA) is 196 Å². The maximum Gasteiger partial charge on any atom is 1.00 e. The van der Waals surface area contributed by atoms with Crippen LogP contribution in [-0.2, 0) is 41.0 Å². The summed E-state index contributed by atoms with van der Waals surface area (Å²) in [6.45, 7) is -2.74. The molecule has 1 radical (unpaired) electrons. The van der Waals surface area contributed by atoms with E-state index in [1.54, 1.807) is 0 Å². The molecule has 0 unspecified atom stereocenters. The van der Waals surface area contributed by atoms with Crippen molar-refractivity contribution in [2.75, 3.05) is 58.9 Å². The Morgan fingerprint density at radius 3 is 0.806 bits per heavy atom. The Morgan fingerprint density at radius 1 is 0.452 bits per heavy atom. The molecule has 0 aromatic heterocycles. The Labute approximate surface area is 260 Å². The summed E-state index contributed by atoms with van der Waals surface area (Å²) in [5, 5.41) is 44.1. The molecule has 0 aliphatic heterocycles. The molecule has 0 aliphatic carbocycles. The van der Waals surface area contributed by atoms with E-state index < -0.39 is 62.6 Å². The Bertz CT molecular complexity index is 516. The Morgan fingerprint density at radius 2 is 0.613 bits per heavy atom. The largest absolute Gasteiger partial charge is 1.00 e. The van der Waals surface area contributed by atoms with Crippen molar-refractivity contribution in [3.05, 3.63) is 0 Å². The number of rotatable bonds is 16. The summed E-state index contributed by atoms with van der Waals surface area (Å²) in [5.74, 6) is -6.16. The Balaban J connectivity index is -0.000000161. The molecule has 17 heteroatoms. The van der Waals surface area contributed by atoms with Crippen molar-refractivity contribution in [1.82, 2.24) is 14.7 Å². The van der Waals surface area contributed by atoms with Gasteiger partial charge in [-0.05, 0) is 0 Å². The van der Waals surface area contributed by atoms with Crippen LogP contribution in [0.4, 0.5) is 0 Å². The molecule has 0 rings (SSSR count). The Kier molecular flexibility index (Phi) is 32.3. The van der Waals surface area contributed by atoms with Crippen molar-refractivity contribution in [2.45, 2.75) is 0 Å². The van der Waals surface area contributed by atoms with Crippen molar-refractivity contribution < 1.29 is 160 Å².